The third kappa shape index (κ3) is 4.72. The first-order valence-electron chi connectivity index (χ1n) is 8.56. The molecule has 8 nitrogen and oxygen atoms in total. The topological polar surface area (TPSA) is 114 Å². The predicted octanol–water partition coefficient (Wildman–Crippen LogP) is 2.03. The van der Waals surface area contributed by atoms with Crippen molar-refractivity contribution in [2.45, 2.75) is 42.7 Å². The van der Waals surface area contributed by atoms with Crippen LogP contribution < -0.4 is 14.2 Å². The lowest BCUT2D eigenvalue weighted by atomic mass is 9.94. The van der Waals surface area contributed by atoms with Gasteiger partial charge in [-0.2, -0.15) is 5.26 Å². The first-order valence-corrected chi connectivity index (χ1v) is 10.0. The van der Waals surface area contributed by atoms with Crippen molar-refractivity contribution in [2.24, 2.45) is 0 Å². The second-order valence-corrected chi connectivity index (χ2v) is 7.93. The zero-order valence-corrected chi connectivity index (χ0v) is 15.6. The lowest BCUT2D eigenvalue weighted by Gasteiger charge is -2.29. The molecule has 1 fully saturated rings. The maximum atomic E-state index is 12.5. The molecular formula is C18H20N4O4S. The van der Waals surface area contributed by atoms with Crippen molar-refractivity contribution in [3.05, 3.63) is 42.2 Å². The molecule has 0 bridgehead atoms. The Morgan fingerprint density at radius 2 is 1.70 bits per heavy atom. The number of ether oxygens (including phenoxy) is 2. The molecule has 142 valence electrons. The summed E-state index contributed by atoms with van der Waals surface area (Å²) < 4.78 is 38.7. The average Bonchev–Trinajstić information content (AvgIpc) is 2.70. The molecular weight excluding hydrogens is 368 g/mol. The number of hydrogen-bond acceptors (Lipinski definition) is 7. The van der Waals surface area contributed by atoms with Gasteiger partial charge in [0.25, 0.3) is 11.8 Å². The molecule has 2 aromatic rings. The van der Waals surface area contributed by atoms with E-state index < -0.39 is 10.0 Å². The van der Waals surface area contributed by atoms with Crippen LogP contribution in [0.25, 0.3) is 0 Å². The summed E-state index contributed by atoms with van der Waals surface area (Å²) >= 11 is 0. The number of sulfonamides is 1. The van der Waals surface area contributed by atoms with Gasteiger partial charge in [0.1, 0.15) is 6.10 Å². The van der Waals surface area contributed by atoms with Gasteiger partial charge in [-0.3, -0.25) is 0 Å². The summed E-state index contributed by atoms with van der Waals surface area (Å²) in [6.07, 6.45) is 5.70. The molecule has 9 heteroatoms. The van der Waals surface area contributed by atoms with Gasteiger partial charge < -0.3 is 9.47 Å². The van der Waals surface area contributed by atoms with Crippen molar-refractivity contribution < 1.29 is 17.9 Å². The fourth-order valence-corrected chi connectivity index (χ4v) is 4.29. The van der Waals surface area contributed by atoms with E-state index in [1.54, 1.807) is 0 Å². The number of rotatable bonds is 6. The number of nitriles is 1. The van der Waals surface area contributed by atoms with Crippen LogP contribution in [-0.4, -0.2) is 37.6 Å². The molecule has 1 aliphatic carbocycles. The monoisotopic (exact) mass is 388 g/mol. The van der Waals surface area contributed by atoms with Crippen LogP contribution in [0.1, 0.15) is 31.2 Å². The van der Waals surface area contributed by atoms with E-state index >= 15 is 0 Å². The molecule has 1 aliphatic rings. The first-order chi connectivity index (χ1) is 13.0. The zero-order chi connectivity index (χ0) is 19.3. The lowest BCUT2D eigenvalue weighted by molar-refractivity contribution is 0.132. The smallest absolute Gasteiger partial charge is 0.278 e. The standard InChI is InChI=1S/C18H20N4O4S/c1-25-17-18(21-11-10-20-17)26-15-6-4-14(5-7-15)22-27(23,24)16-8-2-13(12-19)3-9-16/h2-3,8-11,14-15,22H,4-7H2,1H3. The first kappa shape index (κ1) is 19.1. The van der Waals surface area contributed by atoms with Crippen LogP contribution in [0.15, 0.2) is 41.6 Å². The minimum Gasteiger partial charge on any atom is -0.477 e. The van der Waals surface area contributed by atoms with Gasteiger partial charge in [0, 0.05) is 18.4 Å². The summed E-state index contributed by atoms with van der Waals surface area (Å²) in [7, 11) is -2.11. The Morgan fingerprint density at radius 1 is 1.07 bits per heavy atom. The van der Waals surface area contributed by atoms with Crippen molar-refractivity contribution in [2.75, 3.05) is 7.11 Å². The Bertz CT molecular complexity index is 917. The van der Waals surface area contributed by atoms with Gasteiger partial charge in [-0.05, 0) is 49.9 Å². The third-order valence-electron chi connectivity index (χ3n) is 4.39. The predicted molar refractivity (Wildman–Crippen MR) is 96.7 cm³/mol. The molecule has 1 aromatic heterocycles. The number of nitrogens with zero attached hydrogens (tertiary/aromatic N) is 3. The highest BCUT2D eigenvalue weighted by Crippen LogP contribution is 2.27. The molecule has 0 saturated heterocycles. The molecule has 0 aliphatic heterocycles. The summed E-state index contributed by atoms with van der Waals surface area (Å²) in [5.41, 5.74) is 0.422. The Balaban J connectivity index is 1.56. The lowest BCUT2D eigenvalue weighted by Crippen LogP contribution is -2.39. The summed E-state index contributed by atoms with van der Waals surface area (Å²) in [6, 6.07) is 7.68. The van der Waals surface area contributed by atoms with Gasteiger partial charge in [0.05, 0.1) is 23.6 Å². The number of hydrogen-bond donors (Lipinski definition) is 1. The molecule has 0 spiro atoms. The van der Waals surface area contributed by atoms with Crippen LogP contribution in [-0.2, 0) is 10.0 Å². The van der Waals surface area contributed by atoms with Gasteiger partial charge in [0.15, 0.2) is 0 Å². The summed E-state index contributed by atoms with van der Waals surface area (Å²) in [6.45, 7) is 0. The van der Waals surface area contributed by atoms with Gasteiger partial charge in [0.2, 0.25) is 10.0 Å². The number of benzene rings is 1. The van der Waals surface area contributed by atoms with Crippen LogP contribution in [0.2, 0.25) is 0 Å². The van der Waals surface area contributed by atoms with Crippen LogP contribution >= 0.6 is 0 Å². The van der Waals surface area contributed by atoms with Crippen molar-refractivity contribution in [1.82, 2.24) is 14.7 Å². The van der Waals surface area contributed by atoms with E-state index in [1.165, 1.54) is 43.8 Å². The largest absolute Gasteiger partial charge is 0.477 e. The average molecular weight is 388 g/mol. The van der Waals surface area contributed by atoms with E-state index in [2.05, 4.69) is 14.7 Å². The van der Waals surface area contributed by atoms with Crippen molar-refractivity contribution in [3.63, 3.8) is 0 Å². The van der Waals surface area contributed by atoms with Crippen molar-refractivity contribution in [3.8, 4) is 17.8 Å². The minimum atomic E-state index is -3.61. The molecule has 0 amide bonds. The normalized spacial score (nSPS) is 19.9. The van der Waals surface area contributed by atoms with Gasteiger partial charge in [-0.1, -0.05) is 0 Å². The van der Waals surface area contributed by atoms with E-state index in [-0.39, 0.29) is 17.0 Å². The summed E-state index contributed by atoms with van der Waals surface area (Å²) in [5.74, 6) is 0.683. The van der Waals surface area contributed by atoms with E-state index in [0.717, 1.165) is 0 Å². The molecule has 3 rings (SSSR count). The van der Waals surface area contributed by atoms with Crippen LogP contribution in [0, 0.1) is 11.3 Å². The van der Waals surface area contributed by atoms with Gasteiger partial charge >= 0.3 is 0 Å². The zero-order valence-electron chi connectivity index (χ0n) is 14.8. The highest BCUT2D eigenvalue weighted by molar-refractivity contribution is 7.89. The highest BCUT2D eigenvalue weighted by atomic mass is 32.2. The molecule has 0 atom stereocenters. The molecule has 1 saturated carbocycles. The highest BCUT2D eigenvalue weighted by Gasteiger charge is 2.27. The Labute approximate surface area is 158 Å². The van der Waals surface area contributed by atoms with Gasteiger partial charge in [-0.15, -0.1) is 0 Å². The van der Waals surface area contributed by atoms with Crippen LogP contribution in [0.3, 0.4) is 0 Å². The van der Waals surface area contributed by atoms with Crippen molar-refractivity contribution >= 4 is 10.0 Å². The molecule has 27 heavy (non-hydrogen) atoms. The van der Waals surface area contributed by atoms with Crippen LogP contribution in [0.5, 0.6) is 11.8 Å². The SMILES string of the molecule is COc1nccnc1OC1CCC(NS(=O)(=O)c2ccc(C#N)cc2)CC1. The Kier molecular flexibility index (Phi) is 5.88. The minimum absolute atomic E-state index is 0.0636. The molecule has 0 unspecified atom stereocenters. The molecule has 1 aromatic carbocycles. The molecule has 0 radical (unpaired) electrons. The number of aromatic nitrogens is 2. The third-order valence-corrected chi connectivity index (χ3v) is 5.93. The summed E-state index contributed by atoms with van der Waals surface area (Å²) in [5, 5.41) is 8.81. The van der Waals surface area contributed by atoms with E-state index in [9.17, 15) is 8.42 Å². The van der Waals surface area contributed by atoms with E-state index in [0.29, 0.717) is 43.0 Å². The Hall–Kier alpha value is -2.70. The van der Waals surface area contributed by atoms with Gasteiger partial charge in [-0.25, -0.2) is 23.1 Å². The fourth-order valence-electron chi connectivity index (χ4n) is 2.99. The maximum Gasteiger partial charge on any atom is 0.278 e. The molecule has 1 N–H and O–H groups in total. The van der Waals surface area contributed by atoms with Crippen molar-refractivity contribution in [1.29, 1.82) is 5.26 Å². The fraction of sp³-hybridized carbons (Fsp3) is 0.389. The number of nitrogens with one attached hydrogen (secondary N) is 1. The maximum absolute atomic E-state index is 12.5. The summed E-state index contributed by atoms with van der Waals surface area (Å²) in [4.78, 5) is 8.34. The van der Waals surface area contributed by atoms with Crippen LogP contribution in [0.4, 0.5) is 0 Å². The quantitative estimate of drug-likeness (QED) is 0.805. The molecule has 1 heterocycles. The van der Waals surface area contributed by atoms with E-state index in [4.69, 9.17) is 14.7 Å². The van der Waals surface area contributed by atoms with E-state index in [1.807, 2.05) is 6.07 Å². The second-order valence-electron chi connectivity index (χ2n) is 6.22. The second kappa shape index (κ2) is 8.33. The Morgan fingerprint density at radius 3 is 2.30 bits per heavy atom. The number of methoxy groups -OCH3 is 1.